The number of furan rings is 1. The molecule has 2 atom stereocenters. The predicted octanol–water partition coefficient (Wildman–Crippen LogP) is 3.07. The Morgan fingerprint density at radius 1 is 1.26 bits per heavy atom. The zero-order valence-electron chi connectivity index (χ0n) is 15.7. The highest BCUT2D eigenvalue weighted by Gasteiger charge is 2.35. The molecule has 1 fully saturated rings. The predicted molar refractivity (Wildman–Crippen MR) is 103 cm³/mol. The second-order valence-corrected chi connectivity index (χ2v) is 7.97. The molecular weight excluding hydrogens is 340 g/mol. The summed E-state index contributed by atoms with van der Waals surface area (Å²) in [6.45, 7) is 7.71. The van der Waals surface area contributed by atoms with Crippen LogP contribution in [0.25, 0.3) is 11.4 Å². The van der Waals surface area contributed by atoms with Crippen LogP contribution in [-0.4, -0.2) is 32.5 Å². The van der Waals surface area contributed by atoms with Gasteiger partial charge in [-0.05, 0) is 49.9 Å². The molecule has 0 aliphatic carbocycles. The lowest BCUT2D eigenvalue weighted by molar-refractivity contribution is 0.107. The van der Waals surface area contributed by atoms with E-state index in [-0.39, 0.29) is 5.56 Å². The summed E-state index contributed by atoms with van der Waals surface area (Å²) in [6.07, 6.45) is 4.60. The SMILES string of the molecule is Cc1cc(CN2C[C@@H]3C[C@H](C2)c2ccc(-c4ncc[nH]4)c(=O)n2C3)oc1C. The van der Waals surface area contributed by atoms with E-state index >= 15 is 0 Å². The Morgan fingerprint density at radius 2 is 2.15 bits per heavy atom. The first-order chi connectivity index (χ1) is 13.1. The number of pyridine rings is 1. The van der Waals surface area contributed by atoms with Crippen LogP contribution in [-0.2, 0) is 13.1 Å². The number of aromatic nitrogens is 3. The first kappa shape index (κ1) is 16.6. The molecule has 2 aliphatic heterocycles. The lowest BCUT2D eigenvalue weighted by Gasteiger charge is -2.42. The van der Waals surface area contributed by atoms with Crippen molar-refractivity contribution < 1.29 is 4.42 Å². The van der Waals surface area contributed by atoms with E-state index in [2.05, 4.69) is 33.9 Å². The van der Waals surface area contributed by atoms with Crippen molar-refractivity contribution in [3.63, 3.8) is 0 Å². The minimum absolute atomic E-state index is 0.0721. The van der Waals surface area contributed by atoms with Gasteiger partial charge in [-0.2, -0.15) is 0 Å². The van der Waals surface area contributed by atoms with Gasteiger partial charge in [0.05, 0.1) is 12.1 Å². The number of nitrogens with one attached hydrogen (secondary N) is 1. The van der Waals surface area contributed by atoms with Crippen molar-refractivity contribution in [2.75, 3.05) is 13.1 Å². The van der Waals surface area contributed by atoms with Gasteiger partial charge < -0.3 is 14.0 Å². The van der Waals surface area contributed by atoms with E-state index in [0.717, 1.165) is 49.8 Å². The molecule has 6 nitrogen and oxygen atoms in total. The fourth-order valence-corrected chi connectivity index (χ4v) is 4.71. The molecule has 2 bridgehead atoms. The maximum absolute atomic E-state index is 13.0. The number of aryl methyl sites for hydroxylation is 2. The molecule has 0 aromatic carbocycles. The number of imidazole rings is 1. The van der Waals surface area contributed by atoms with Gasteiger partial charge in [-0.15, -0.1) is 0 Å². The average Bonchev–Trinajstić information content (AvgIpc) is 3.26. The van der Waals surface area contributed by atoms with Crippen molar-refractivity contribution in [2.45, 2.75) is 39.3 Å². The van der Waals surface area contributed by atoms with E-state index in [1.54, 1.807) is 12.4 Å². The lowest BCUT2D eigenvalue weighted by atomic mass is 9.83. The zero-order chi connectivity index (χ0) is 18.5. The second-order valence-electron chi connectivity index (χ2n) is 7.97. The summed E-state index contributed by atoms with van der Waals surface area (Å²) in [5.74, 6) is 3.59. The topological polar surface area (TPSA) is 67.1 Å². The van der Waals surface area contributed by atoms with E-state index in [4.69, 9.17) is 4.42 Å². The van der Waals surface area contributed by atoms with E-state index in [0.29, 0.717) is 23.2 Å². The Labute approximate surface area is 157 Å². The fraction of sp³-hybridized carbons (Fsp3) is 0.429. The maximum Gasteiger partial charge on any atom is 0.261 e. The van der Waals surface area contributed by atoms with Crippen LogP contribution in [0.3, 0.4) is 0 Å². The van der Waals surface area contributed by atoms with E-state index in [1.165, 1.54) is 5.56 Å². The number of fused-ring (bicyclic) bond motifs is 4. The second kappa shape index (κ2) is 6.23. The Bertz CT molecular complexity index is 1010. The number of hydrogen-bond acceptors (Lipinski definition) is 4. The molecule has 6 heteroatoms. The standard InChI is InChI=1S/C21H24N4O2/c1-13-7-17(27-14(13)2)12-24-9-15-8-16(11-24)19-4-3-18(20-22-5-6-23-20)21(26)25(19)10-15/h3-7,15-16H,8-12H2,1-2H3,(H,22,23)/t15-,16+/m0/s1. The first-order valence-electron chi connectivity index (χ1n) is 9.60. The largest absolute Gasteiger partial charge is 0.465 e. The molecule has 5 rings (SSSR count). The van der Waals surface area contributed by atoms with Crippen LogP contribution < -0.4 is 5.56 Å². The third-order valence-corrected chi connectivity index (χ3v) is 6.03. The number of H-pyrrole nitrogens is 1. The molecule has 2 aliphatic rings. The number of nitrogens with zero attached hydrogens (tertiary/aromatic N) is 3. The monoisotopic (exact) mass is 364 g/mol. The molecule has 5 heterocycles. The summed E-state index contributed by atoms with van der Waals surface area (Å²) in [6, 6.07) is 6.18. The van der Waals surface area contributed by atoms with Gasteiger partial charge in [-0.1, -0.05) is 0 Å². The fourth-order valence-electron chi connectivity index (χ4n) is 4.71. The van der Waals surface area contributed by atoms with Gasteiger partial charge >= 0.3 is 0 Å². The van der Waals surface area contributed by atoms with Crippen molar-refractivity contribution in [3.8, 4) is 11.4 Å². The third-order valence-electron chi connectivity index (χ3n) is 6.03. The highest BCUT2D eigenvalue weighted by atomic mass is 16.3. The smallest absolute Gasteiger partial charge is 0.261 e. The highest BCUT2D eigenvalue weighted by Crippen LogP contribution is 2.36. The van der Waals surface area contributed by atoms with E-state index in [9.17, 15) is 4.79 Å². The van der Waals surface area contributed by atoms with Crippen LogP contribution in [0, 0.1) is 19.8 Å². The molecule has 27 heavy (non-hydrogen) atoms. The molecule has 0 amide bonds. The van der Waals surface area contributed by atoms with Gasteiger partial charge in [0.2, 0.25) is 0 Å². The van der Waals surface area contributed by atoms with Gasteiger partial charge in [0.1, 0.15) is 17.3 Å². The number of piperidine rings is 1. The van der Waals surface area contributed by atoms with Crippen LogP contribution in [0.2, 0.25) is 0 Å². The van der Waals surface area contributed by atoms with Crippen LogP contribution in [0.5, 0.6) is 0 Å². The van der Waals surface area contributed by atoms with Gasteiger partial charge in [0, 0.05) is 43.6 Å². The van der Waals surface area contributed by atoms with Crippen molar-refractivity contribution in [1.29, 1.82) is 0 Å². The number of likely N-dealkylation sites (tertiary alicyclic amines) is 1. The normalized spacial score (nSPS) is 22.0. The minimum atomic E-state index is 0.0721. The Balaban J connectivity index is 1.42. The first-order valence-corrected chi connectivity index (χ1v) is 9.60. The van der Waals surface area contributed by atoms with E-state index in [1.807, 2.05) is 17.6 Å². The summed E-state index contributed by atoms with van der Waals surface area (Å²) in [5, 5.41) is 0. The third kappa shape index (κ3) is 2.84. The molecular formula is C21H24N4O2. The minimum Gasteiger partial charge on any atom is -0.465 e. The summed E-state index contributed by atoms with van der Waals surface area (Å²) < 4.78 is 7.86. The molecule has 3 aromatic rings. The number of rotatable bonds is 3. The van der Waals surface area contributed by atoms with Gasteiger partial charge in [0.15, 0.2) is 0 Å². The highest BCUT2D eigenvalue weighted by molar-refractivity contribution is 5.53. The molecule has 3 aromatic heterocycles. The summed E-state index contributed by atoms with van der Waals surface area (Å²) >= 11 is 0. The Kier molecular flexibility index (Phi) is 3.82. The summed E-state index contributed by atoms with van der Waals surface area (Å²) in [4.78, 5) is 22.8. The van der Waals surface area contributed by atoms with Crippen LogP contribution in [0.15, 0.2) is 39.8 Å². The lowest BCUT2D eigenvalue weighted by Crippen LogP contribution is -2.46. The van der Waals surface area contributed by atoms with Gasteiger partial charge in [-0.3, -0.25) is 9.69 Å². The van der Waals surface area contributed by atoms with Crippen LogP contribution in [0.1, 0.15) is 35.1 Å². The molecule has 140 valence electrons. The summed E-state index contributed by atoms with van der Waals surface area (Å²) in [5.41, 5.74) is 3.10. The molecule has 1 N–H and O–H groups in total. The van der Waals surface area contributed by atoms with Crippen molar-refractivity contribution in [3.05, 3.63) is 63.7 Å². The van der Waals surface area contributed by atoms with Crippen molar-refractivity contribution in [2.24, 2.45) is 5.92 Å². The zero-order valence-corrected chi connectivity index (χ0v) is 15.7. The maximum atomic E-state index is 13.0. The quantitative estimate of drug-likeness (QED) is 0.776. The molecule has 1 saturated heterocycles. The molecule has 0 radical (unpaired) electrons. The number of hydrogen-bond donors (Lipinski definition) is 1. The molecule has 0 unspecified atom stereocenters. The van der Waals surface area contributed by atoms with E-state index < -0.39 is 0 Å². The van der Waals surface area contributed by atoms with Crippen LogP contribution >= 0.6 is 0 Å². The molecule has 0 saturated carbocycles. The van der Waals surface area contributed by atoms with Gasteiger partial charge in [-0.25, -0.2) is 4.98 Å². The summed E-state index contributed by atoms with van der Waals surface area (Å²) in [7, 11) is 0. The van der Waals surface area contributed by atoms with Crippen molar-refractivity contribution >= 4 is 0 Å². The van der Waals surface area contributed by atoms with Crippen LogP contribution in [0.4, 0.5) is 0 Å². The Hall–Kier alpha value is -2.60. The molecule has 0 spiro atoms. The number of aromatic amines is 1. The van der Waals surface area contributed by atoms with Gasteiger partial charge in [0.25, 0.3) is 5.56 Å². The average molecular weight is 364 g/mol. The van der Waals surface area contributed by atoms with Crippen molar-refractivity contribution in [1.82, 2.24) is 19.4 Å². The Morgan fingerprint density at radius 3 is 2.89 bits per heavy atom.